The third-order valence-electron chi connectivity index (χ3n) is 3.57. The number of carbonyl (C=O) groups is 1. The van der Waals surface area contributed by atoms with Gasteiger partial charge in [-0.15, -0.1) is 0 Å². The van der Waals surface area contributed by atoms with Crippen LogP contribution in [0.2, 0.25) is 0 Å². The van der Waals surface area contributed by atoms with E-state index < -0.39 is 5.60 Å². The Bertz CT molecular complexity index is 402. The van der Waals surface area contributed by atoms with Gasteiger partial charge in [0.2, 0.25) is 5.91 Å². The molecule has 1 aliphatic heterocycles. The van der Waals surface area contributed by atoms with Crippen molar-refractivity contribution in [2.24, 2.45) is 0 Å². The van der Waals surface area contributed by atoms with Crippen molar-refractivity contribution < 1.29 is 9.90 Å². The predicted molar refractivity (Wildman–Crippen MR) is 65.8 cm³/mol. The van der Waals surface area contributed by atoms with Crippen LogP contribution in [0, 0.1) is 0 Å². The second-order valence-electron chi connectivity index (χ2n) is 5.23. The van der Waals surface area contributed by atoms with Crippen molar-refractivity contribution in [3.63, 3.8) is 0 Å². The van der Waals surface area contributed by atoms with Crippen LogP contribution in [0.15, 0.2) is 12.7 Å². The van der Waals surface area contributed by atoms with Crippen molar-refractivity contribution in [3.8, 4) is 0 Å². The van der Waals surface area contributed by atoms with Gasteiger partial charge in [-0.25, -0.2) is 9.67 Å². The molecule has 2 heterocycles. The van der Waals surface area contributed by atoms with E-state index in [0.717, 1.165) is 12.8 Å². The number of amides is 1. The molecule has 2 rings (SSSR count). The summed E-state index contributed by atoms with van der Waals surface area (Å²) in [5.41, 5.74) is -0.647. The van der Waals surface area contributed by atoms with Crippen molar-refractivity contribution in [3.05, 3.63) is 12.7 Å². The zero-order valence-electron chi connectivity index (χ0n) is 10.9. The van der Waals surface area contributed by atoms with E-state index in [-0.39, 0.29) is 11.9 Å². The highest BCUT2D eigenvalue weighted by Crippen LogP contribution is 2.22. The van der Waals surface area contributed by atoms with Gasteiger partial charge in [0.25, 0.3) is 0 Å². The molecule has 2 unspecified atom stereocenters. The van der Waals surface area contributed by atoms with Crippen LogP contribution >= 0.6 is 0 Å². The number of rotatable bonds is 2. The van der Waals surface area contributed by atoms with E-state index in [1.54, 1.807) is 11.0 Å². The van der Waals surface area contributed by atoms with Crippen LogP contribution in [0.1, 0.15) is 39.2 Å². The van der Waals surface area contributed by atoms with Gasteiger partial charge in [-0.3, -0.25) is 4.79 Å². The fourth-order valence-corrected chi connectivity index (χ4v) is 2.28. The molecule has 0 spiro atoms. The van der Waals surface area contributed by atoms with Gasteiger partial charge in [0, 0.05) is 13.1 Å². The van der Waals surface area contributed by atoms with Crippen molar-refractivity contribution in [2.75, 3.05) is 13.1 Å². The fraction of sp³-hybridized carbons (Fsp3) is 0.750. The van der Waals surface area contributed by atoms with Crippen LogP contribution in [0.4, 0.5) is 0 Å². The average molecular weight is 252 g/mol. The number of aliphatic hydroxyl groups is 1. The standard InChI is InChI=1S/C12H20N4O2/c1-10(16-9-13-8-14-16)11(17)15-6-3-4-12(2,18)5-7-15/h8-10,18H,3-7H2,1-2H3. The molecule has 6 nitrogen and oxygen atoms in total. The Morgan fingerprint density at radius 1 is 1.44 bits per heavy atom. The molecular weight excluding hydrogens is 232 g/mol. The summed E-state index contributed by atoms with van der Waals surface area (Å²) in [7, 11) is 0. The van der Waals surface area contributed by atoms with Gasteiger partial charge in [-0.05, 0) is 33.1 Å². The number of aromatic nitrogens is 3. The highest BCUT2D eigenvalue weighted by Gasteiger charge is 2.29. The Balaban J connectivity index is 2.01. The van der Waals surface area contributed by atoms with Gasteiger partial charge >= 0.3 is 0 Å². The minimum absolute atomic E-state index is 0.0400. The summed E-state index contributed by atoms with van der Waals surface area (Å²) in [5, 5.41) is 14.0. The molecule has 6 heteroatoms. The fourth-order valence-electron chi connectivity index (χ4n) is 2.28. The van der Waals surface area contributed by atoms with E-state index in [4.69, 9.17) is 0 Å². The lowest BCUT2D eigenvalue weighted by Gasteiger charge is -2.25. The molecule has 0 aliphatic carbocycles. The quantitative estimate of drug-likeness (QED) is 0.836. The first-order valence-electron chi connectivity index (χ1n) is 6.35. The van der Waals surface area contributed by atoms with Crippen LogP contribution in [0.3, 0.4) is 0 Å². The molecule has 2 atom stereocenters. The van der Waals surface area contributed by atoms with Gasteiger partial charge in [-0.2, -0.15) is 5.10 Å². The minimum Gasteiger partial charge on any atom is -0.390 e. The molecule has 0 saturated carbocycles. The van der Waals surface area contributed by atoms with E-state index >= 15 is 0 Å². The molecule has 1 N–H and O–H groups in total. The molecule has 1 aromatic heterocycles. The smallest absolute Gasteiger partial charge is 0.247 e. The molecule has 0 aromatic carbocycles. The Kier molecular flexibility index (Phi) is 3.65. The Morgan fingerprint density at radius 3 is 2.89 bits per heavy atom. The molecule has 18 heavy (non-hydrogen) atoms. The van der Waals surface area contributed by atoms with Crippen LogP contribution in [-0.2, 0) is 4.79 Å². The van der Waals surface area contributed by atoms with Crippen LogP contribution in [0.25, 0.3) is 0 Å². The molecule has 1 aromatic rings. The Labute approximate surface area is 107 Å². The van der Waals surface area contributed by atoms with Crippen molar-refractivity contribution in [1.29, 1.82) is 0 Å². The highest BCUT2D eigenvalue weighted by molar-refractivity contribution is 5.79. The number of likely N-dealkylation sites (tertiary alicyclic amines) is 1. The molecule has 1 amide bonds. The molecule has 1 aliphatic rings. The highest BCUT2D eigenvalue weighted by atomic mass is 16.3. The van der Waals surface area contributed by atoms with Crippen LogP contribution in [-0.4, -0.2) is 49.4 Å². The van der Waals surface area contributed by atoms with E-state index in [0.29, 0.717) is 19.5 Å². The second kappa shape index (κ2) is 5.06. The lowest BCUT2D eigenvalue weighted by Crippen LogP contribution is -2.38. The van der Waals surface area contributed by atoms with Gasteiger partial charge < -0.3 is 10.0 Å². The third kappa shape index (κ3) is 2.87. The lowest BCUT2D eigenvalue weighted by molar-refractivity contribution is -0.134. The number of hydrogen-bond donors (Lipinski definition) is 1. The summed E-state index contributed by atoms with van der Waals surface area (Å²) in [6.45, 7) is 4.96. The largest absolute Gasteiger partial charge is 0.390 e. The van der Waals surface area contributed by atoms with Crippen molar-refractivity contribution >= 4 is 5.91 Å². The van der Waals surface area contributed by atoms with Crippen LogP contribution in [0.5, 0.6) is 0 Å². The maximum absolute atomic E-state index is 12.3. The molecule has 1 saturated heterocycles. The Morgan fingerprint density at radius 2 is 2.22 bits per heavy atom. The van der Waals surface area contributed by atoms with E-state index in [9.17, 15) is 9.90 Å². The normalized spacial score (nSPS) is 26.7. The first-order valence-corrected chi connectivity index (χ1v) is 6.35. The zero-order valence-corrected chi connectivity index (χ0v) is 10.9. The summed E-state index contributed by atoms with van der Waals surface area (Å²) < 4.78 is 1.56. The molecule has 1 fully saturated rings. The summed E-state index contributed by atoms with van der Waals surface area (Å²) in [4.78, 5) is 18.0. The van der Waals surface area contributed by atoms with Crippen molar-refractivity contribution in [2.45, 2.75) is 44.8 Å². The third-order valence-corrected chi connectivity index (χ3v) is 3.57. The van der Waals surface area contributed by atoms with E-state index in [2.05, 4.69) is 10.1 Å². The topological polar surface area (TPSA) is 71.2 Å². The first kappa shape index (κ1) is 13.0. The minimum atomic E-state index is -0.647. The Hall–Kier alpha value is -1.43. The van der Waals surface area contributed by atoms with Gasteiger partial charge in [0.15, 0.2) is 0 Å². The number of hydrogen-bond acceptors (Lipinski definition) is 4. The lowest BCUT2D eigenvalue weighted by atomic mass is 9.98. The summed E-state index contributed by atoms with van der Waals surface area (Å²) >= 11 is 0. The number of nitrogens with zero attached hydrogens (tertiary/aromatic N) is 4. The van der Waals surface area contributed by atoms with E-state index in [1.807, 2.05) is 18.7 Å². The van der Waals surface area contributed by atoms with Gasteiger partial charge in [-0.1, -0.05) is 0 Å². The van der Waals surface area contributed by atoms with Gasteiger partial charge in [0.05, 0.1) is 5.60 Å². The SMILES string of the molecule is CC(C(=O)N1CCCC(C)(O)CC1)n1cncn1. The maximum Gasteiger partial charge on any atom is 0.247 e. The average Bonchev–Trinajstić information content (AvgIpc) is 2.79. The summed E-state index contributed by atoms with van der Waals surface area (Å²) in [6, 6.07) is -0.337. The number of carbonyl (C=O) groups excluding carboxylic acids is 1. The summed E-state index contributed by atoms with van der Waals surface area (Å²) in [5.74, 6) is 0.0400. The molecule has 0 bridgehead atoms. The molecule has 0 radical (unpaired) electrons. The van der Waals surface area contributed by atoms with Gasteiger partial charge in [0.1, 0.15) is 18.7 Å². The summed E-state index contributed by atoms with van der Waals surface area (Å²) in [6.07, 6.45) is 5.19. The zero-order chi connectivity index (χ0) is 13.2. The maximum atomic E-state index is 12.3. The van der Waals surface area contributed by atoms with Crippen molar-refractivity contribution in [1.82, 2.24) is 19.7 Å². The first-order chi connectivity index (χ1) is 8.49. The molecule has 100 valence electrons. The second-order valence-corrected chi connectivity index (χ2v) is 5.23. The molecular formula is C12H20N4O2. The monoisotopic (exact) mass is 252 g/mol. The van der Waals surface area contributed by atoms with Crippen LogP contribution < -0.4 is 0 Å². The predicted octanol–water partition coefficient (Wildman–Crippen LogP) is 0.603. The van der Waals surface area contributed by atoms with E-state index in [1.165, 1.54) is 6.33 Å².